The van der Waals surface area contributed by atoms with Crippen molar-refractivity contribution in [3.63, 3.8) is 0 Å². The summed E-state index contributed by atoms with van der Waals surface area (Å²) in [5.74, 6) is 0.890. The third-order valence-corrected chi connectivity index (χ3v) is 3.61. The zero-order valence-electron chi connectivity index (χ0n) is 12.9. The Morgan fingerprint density at radius 3 is 2.35 bits per heavy atom. The van der Waals surface area contributed by atoms with Gasteiger partial charge in [-0.15, -0.1) is 5.10 Å². The van der Waals surface area contributed by atoms with E-state index in [2.05, 4.69) is 10.3 Å². The molecule has 0 fully saturated rings. The van der Waals surface area contributed by atoms with Crippen LogP contribution in [0.2, 0.25) is 0 Å². The topological polar surface area (TPSA) is 66.0 Å². The predicted octanol–water partition coefficient (Wildman–Crippen LogP) is 2.74. The molecule has 23 heavy (non-hydrogen) atoms. The molecule has 3 aromatic rings. The van der Waals surface area contributed by atoms with Crippen LogP contribution in [0.4, 0.5) is 0 Å². The molecule has 5 nitrogen and oxygen atoms in total. The summed E-state index contributed by atoms with van der Waals surface area (Å²) in [5.41, 5.74) is 8.68. The van der Waals surface area contributed by atoms with Crippen molar-refractivity contribution >= 4 is 0 Å². The summed E-state index contributed by atoms with van der Waals surface area (Å²) in [4.78, 5) is 0. The lowest BCUT2D eigenvalue weighted by Crippen LogP contribution is -2.08. The minimum atomic E-state index is 0.391. The van der Waals surface area contributed by atoms with Crippen LogP contribution in [-0.4, -0.2) is 21.6 Å². The molecule has 0 saturated heterocycles. The molecule has 3 rings (SSSR count). The summed E-state index contributed by atoms with van der Waals surface area (Å²) >= 11 is 0. The predicted molar refractivity (Wildman–Crippen MR) is 89.5 cm³/mol. The molecule has 0 atom stereocenters. The molecule has 0 saturated carbocycles. The van der Waals surface area contributed by atoms with E-state index < -0.39 is 0 Å². The molecule has 0 spiro atoms. The number of nitrogens with zero attached hydrogens (tertiary/aromatic N) is 3. The number of ether oxygens (including phenoxy) is 1. The minimum Gasteiger partial charge on any atom is -0.494 e. The molecular weight excluding hydrogens is 288 g/mol. The fourth-order valence-electron chi connectivity index (χ4n) is 2.46. The first kappa shape index (κ1) is 15.2. The molecule has 0 radical (unpaired) electrons. The molecule has 5 heteroatoms. The average molecular weight is 308 g/mol. The highest BCUT2D eigenvalue weighted by molar-refractivity contribution is 5.33. The Balaban J connectivity index is 1.66. The van der Waals surface area contributed by atoms with Gasteiger partial charge in [-0.3, -0.25) is 0 Å². The van der Waals surface area contributed by atoms with E-state index in [0.717, 1.165) is 35.7 Å². The smallest absolute Gasteiger partial charge is 0.119 e. The molecule has 0 aliphatic heterocycles. The van der Waals surface area contributed by atoms with E-state index in [1.54, 1.807) is 0 Å². The molecule has 0 aliphatic carbocycles. The van der Waals surface area contributed by atoms with E-state index >= 15 is 0 Å². The first-order valence-corrected chi connectivity index (χ1v) is 7.75. The summed E-state index contributed by atoms with van der Waals surface area (Å²) in [6.07, 6.45) is 1.70. The SMILES string of the molecule is NCc1nnn(-c2ccccc2)c1CCCOc1ccccc1. The molecule has 1 heterocycles. The van der Waals surface area contributed by atoms with Crippen LogP contribution in [0, 0.1) is 0 Å². The van der Waals surface area contributed by atoms with Crippen LogP contribution in [0.1, 0.15) is 17.8 Å². The quantitative estimate of drug-likeness (QED) is 0.682. The monoisotopic (exact) mass is 308 g/mol. The molecule has 2 aromatic carbocycles. The van der Waals surface area contributed by atoms with Gasteiger partial charge in [-0.25, -0.2) is 4.68 Å². The largest absolute Gasteiger partial charge is 0.494 e. The van der Waals surface area contributed by atoms with E-state index in [9.17, 15) is 0 Å². The highest BCUT2D eigenvalue weighted by Crippen LogP contribution is 2.15. The van der Waals surface area contributed by atoms with Gasteiger partial charge >= 0.3 is 0 Å². The van der Waals surface area contributed by atoms with Crippen LogP contribution in [0.3, 0.4) is 0 Å². The summed E-state index contributed by atoms with van der Waals surface area (Å²) < 4.78 is 7.61. The second kappa shape index (κ2) is 7.56. The van der Waals surface area contributed by atoms with Crippen molar-refractivity contribution in [3.05, 3.63) is 72.1 Å². The van der Waals surface area contributed by atoms with Gasteiger partial charge in [0, 0.05) is 6.54 Å². The van der Waals surface area contributed by atoms with Gasteiger partial charge in [-0.05, 0) is 37.1 Å². The highest BCUT2D eigenvalue weighted by atomic mass is 16.5. The maximum atomic E-state index is 5.79. The van der Waals surface area contributed by atoms with Crippen molar-refractivity contribution in [2.24, 2.45) is 5.73 Å². The normalized spacial score (nSPS) is 10.7. The van der Waals surface area contributed by atoms with Crippen molar-refractivity contribution in [1.29, 1.82) is 0 Å². The van der Waals surface area contributed by atoms with Crippen molar-refractivity contribution in [2.45, 2.75) is 19.4 Å². The van der Waals surface area contributed by atoms with E-state index in [-0.39, 0.29) is 0 Å². The molecule has 1 aromatic heterocycles. The first-order chi connectivity index (χ1) is 11.4. The highest BCUT2D eigenvalue weighted by Gasteiger charge is 2.12. The van der Waals surface area contributed by atoms with Gasteiger partial charge in [0.05, 0.1) is 23.7 Å². The molecule has 0 unspecified atom stereocenters. The maximum Gasteiger partial charge on any atom is 0.119 e. The Morgan fingerprint density at radius 1 is 0.957 bits per heavy atom. The van der Waals surface area contributed by atoms with Gasteiger partial charge in [0.15, 0.2) is 0 Å². The molecule has 0 aliphatic rings. The number of rotatable bonds is 7. The Morgan fingerprint density at radius 2 is 1.65 bits per heavy atom. The summed E-state index contributed by atoms with van der Waals surface area (Å²) in [6, 6.07) is 19.8. The maximum absolute atomic E-state index is 5.79. The van der Waals surface area contributed by atoms with Crippen LogP contribution in [-0.2, 0) is 13.0 Å². The number of hydrogen-bond donors (Lipinski definition) is 1. The number of aromatic nitrogens is 3. The van der Waals surface area contributed by atoms with Crippen molar-refractivity contribution < 1.29 is 4.74 Å². The third-order valence-electron chi connectivity index (χ3n) is 3.61. The van der Waals surface area contributed by atoms with Crippen molar-refractivity contribution in [2.75, 3.05) is 6.61 Å². The lowest BCUT2D eigenvalue weighted by Gasteiger charge is -2.09. The fraction of sp³-hybridized carbons (Fsp3) is 0.222. The van der Waals surface area contributed by atoms with E-state index in [4.69, 9.17) is 10.5 Å². The Bertz CT molecular complexity index is 725. The molecule has 0 amide bonds. The van der Waals surface area contributed by atoms with E-state index in [0.29, 0.717) is 13.2 Å². The van der Waals surface area contributed by atoms with E-state index in [1.165, 1.54) is 0 Å². The number of benzene rings is 2. The van der Waals surface area contributed by atoms with Crippen LogP contribution >= 0.6 is 0 Å². The van der Waals surface area contributed by atoms with Gasteiger partial charge in [0.25, 0.3) is 0 Å². The van der Waals surface area contributed by atoms with Crippen molar-refractivity contribution in [3.8, 4) is 11.4 Å². The molecule has 118 valence electrons. The first-order valence-electron chi connectivity index (χ1n) is 7.75. The van der Waals surface area contributed by atoms with Crippen LogP contribution in [0.25, 0.3) is 5.69 Å². The number of nitrogens with two attached hydrogens (primary N) is 1. The molecule has 2 N–H and O–H groups in total. The van der Waals surface area contributed by atoms with Crippen LogP contribution in [0.15, 0.2) is 60.7 Å². The summed E-state index contributed by atoms with van der Waals surface area (Å²) in [6.45, 7) is 1.04. The Labute approximate surface area is 135 Å². The van der Waals surface area contributed by atoms with Gasteiger partial charge in [0.2, 0.25) is 0 Å². The number of hydrogen-bond acceptors (Lipinski definition) is 4. The van der Waals surface area contributed by atoms with E-state index in [1.807, 2.05) is 65.3 Å². The average Bonchev–Trinajstić information content (AvgIpc) is 3.03. The second-order valence-corrected chi connectivity index (χ2v) is 5.20. The van der Waals surface area contributed by atoms with Gasteiger partial charge in [0.1, 0.15) is 5.75 Å². The lowest BCUT2D eigenvalue weighted by atomic mass is 10.2. The Hall–Kier alpha value is -2.66. The van der Waals surface area contributed by atoms with Gasteiger partial charge in [-0.2, -0.15) is 0 Å². The number of para-hydroxylation sites is 2. The zero-order valence-corrected chi connectivity index (χ0v) is 12.9. The van der Waals surface area contributed by atoms with Crippen LogP contribution in [0.5, 0.6) is 5.75 Å². The molecular formula is C18H20N4O. The van der Waals surface area contributed by atoms with Crippen molar-refractivity contribution in [1.82, 2.24) is 15.0 Å². The zero-order chi connectivity index (χ0) is 15.9. The van der Waals surface area contributed by atoms with Crippen LogP contribution < -0.4 is 10.5 Å². The lowest BCUT2D eigenvalue weighted by molar-refractivity contribution is 0.310. The summed E-state index contributed by atoms with van der Waals surface area (Å²) in [5, 5.41) is 8.44. The molecule has 0 bridgehead atoms. The minimum absolute atomic E-state index is 0.391. The standard InChI is InChI=1S/C18H20N4O/c19-14-17-18(12-7-13-23-16-10-5-2-6-11-16)22(21-20-17)15-8-3-1-4-9-15/h1-6,8-11H,7,12-14,19H2. The van der Waals surface area contributed by atoms with Gasteiger partial charge < -0.3 is 10.5 Å². The van der Waals surface area contributed by atoms with Gasteiger partial charge in [-0.1, -0.05) is 41.6 Å². The third kappa shape index (κ3) is 3.76. The summed E-state index contributed by atoms with van der Waals surface area (Å²) in [7, 11) is 0. The fourth-order valence-corrected chi connectivity index (χ4v) is 2.46. The Kier molecular flexibility index (Phi) is 5.01. The second-order valence-electron chi connectivity index (χ2n) is 5.20.